The summed E-state index contributed by atoms with van der Waals surface area (Å²) in [4.78, 5) is 66.2. The monoisotopic (exact) mass is 814 g/mol. The summed E-state index contributed by atoms with van der Waals surface area (Å²) in [6.07, 6.45) is 5.81. The number of amides is 4. The van der Waals surface area contributed by atoms with Crippen LogP contribution in [0.5, 0.6) is 0 Å². The van der Waals surface area contributed by atoms with Gasteiger partial charge in [-0.25, -0.2) is 18.7 Å². The summed E-state index contributed by atoms with van der Waals surface area (Å²) in [6.45, 7) is 5.90. The molecule has 14 nitrogen and oxygen atoms in total. The molecule has 0 aliphatic carbocycles. The minimum atomic E-state index is -1.15. The maximum Gasteiger partial charge on any atom is 0.291 e. The van der Waals surface area contributed by atoms with Crippen molar-refractivity contribution in [1.29, 1.82) is 0 Å². The molecule has 1 fully saturated rings. The number of rotatable bonds is 13. The van der Waals surface area contributed by atoms with Crippen LogP contribution in [0.2, 0.25) is 5.02 Å². The molecule has 2 aromatic carbocycles. The van der Waals surface area contributed by atoms with Gasteiger partial charge in [0.2, 0.25) is 11.8 Å². The van der Waals surface area contributed by atoms with E-state index in [1.165, 1.54) is 53.0 Å². The smallest absolute Gasteiger partial charge is 0.291 e. The topological polar surface area (TPSA) is 151 Å². The van der Waals surface area contributed by atoms with E-state index in [4.69, 9.17) is 11.6 Å². The van der Waals surface area contributed by atoms with E-state index in [1.54, 1.807) is 42.3 Å². The van der Waals surface area contributed by atoms with Gasteiger partial charge in [0.15, 0.2) is 17.5 Å². The van der Waals surface area contributed by atoms with E-state index >= 15 is 8.78 Å². The molecular weight excluding hydrogens is 770 g/mol. The first-order chi connectivity index (χ1) is 27.7. The number of nitrogens with zero attached hydrogens (tertiary/aromatic N) is 8. The lowest BCUT2D eigenvalue weighted by Gasteiger charge is -2.36. The van der Waals surface area contributed by atoms with Crippen molar-refractivity contribution in [3.8, 4) is 22.4 Å². The van der Waals surface area contributed by atoms with Gasteiger partial charge < -0.3 is 29.9 Å². The normalized spacial score (nSPS) is 13.5. The van der Waals surface area contributed by atoms with Gasteiger partial charge in [0.1, 0.15) is 12.4 Å². The summed E-state index contributed by atoms with van der Waals surface area (Å²) in [5.74, 6) is -3.27. The number of imidazole rings is 1. The highest BCUT2D eigenvalue weighted by Crippen LogP contribution is 2.33. The Morgan fingerprint density at radius 2 is 1.62 bits per heavy atom. The third-order valence-corrected chi connectivity index (χ3v) is 10.4. The Morgan fingerprint density at radius 1 is 0.914 bits per heavy atom. The predicted molar refractivity (Wildman–Crippen MR) is 216 cm³/mol. The van der Waals surface area contributed by atoms with Crippen LogP contribution in [0.1, 0.15) is 46.4 Å². The van der Waals surface area contributed by atoms with Crippen molar-refractivity contribution >= 4 is 46.7 Å². The molecule has 17 heteroatoms. The first-order valence-corrected chi connectivity index (χ1v) is 19.2. The zero-order chi connectivity index (χ0) is 41.7. The second kappa shape index (κ2) is 18.1. The molecule has 0 spiro atoms. The minimum Gasteiger partial charge on any atom is -0.339 e. The van der Waals surface area contributed by atoms with Gasteiger partial charge in [0.05, 0.1) is 28.2 Å². The lowest BCUT2D eigenvalue weighted by atomic mass is 10.00. The molecule has 0 saturated carbocycles. The number of pyridine rings is 1. The number of halogens is 3. The van der Waals surface area contributed by atoms with Gasteiger partial charge in [-0.1, -0.05) is 30.7 Å². The van der Waals surface area contributed by atoms with Gasteiger partial charge >= 0.3 is 0 Å². The number of aromatic nitrogens is 5. The van der Waals surface area contributed by atoms with Gasteiger partial charge in [0.25, 0.3) is 11.8 Å². The number of benzene rings is 2. The number of piperazine rings is 1. The molecule has 6 rings (SSSR count). The van der Waals surface area contributed by atoms with Crippen molar-refractivity contribution in [2.24, 2.45) is 13.0 Å². The molecule has 1 atom stereocenters. The molecule has 1 aliphatic rings. The zero-order valence-electron chi connectivity index (χ0n) is 32.9. The summed E-state index contributed by atoms with van der Waals surface area (Å²) in [7, 11) is 5.47. The highest BCUT2D eigenvalue weighted by atomic mass is 35.5. The number of carbonyl (C=O) groups excluding carboxylic acids is 4. The largest absolute Gasteiger partial charge is 0.339 e. The predicted octanol–water partition coefficient (Wildman–Crippen LogP) is 5.74. The summed E-state index contributed by atoms with van der Waals surface area (Å²) >= 11 is 6.55. The van der Waals surface area contributed by atoms with Crippen LogP contribution in [-0.4, -0.2) is 109 Å². The lowest BCUT2D eigenvalue weighted by molar-refractivity contribution is -0.137. The maximum absolute atomic E-state index is 15.7. The molecule has 2 N–H and O–H groups in total. The molecule has 1 unspecified atom stereocenters. The quantitative estimate of drug-likeness (QED) is 0.153. The van der Waals surface area contributed by atoms with Crippen LogP contribution in [0.25, 0.3) is 22.4 Å². The molecule has 5 aromatic rings. The van der Waals surface area contributed by atoms with Crippen molar-refractivity contribution in [1.82, 2.24) is 39.0 Å². The molecule has 1 aliphatic heterocycles. The van der Waals surface area contributed by atoms with Crippen molar-refractivity contribution < 1.29 is 28.0 Å². The van der Waals surface area contributed by atoms with Crippen LogP contribution < -0.4 is 10.6 Å². The molecule has 0 radical (unpaired) electrons. The Bertz CT molecular complexity index is 2320. The van der Waals surface area contributed by atoms with Crippen LogP contribution in [0.4, 0.5) is 20.3 Å². The van der Waals surface area contributed by atoms with Gasteiger partial charge in [-0.05, 0) is 76.8 Å². The number of aryl methyl sites for hydroxylation is 1. The summed E-state index contributed by atoms with van der Waals surface area (Å²) < 4.78 is 34.1. The molecule has 58 heavy (non-hydrogen) atoms. The molecular formula is C41H45ClF2N10O4. The SMILES string of the molecule is CCC(CCN(C)C)C(=O)N1CCN(C(=O)c2ccc(NC(=O)c3ncc(-c4ccc(-c5cn(CC(=O)Nc6ccccn6)nc5C)c(F)c4F)n3C)cc2Cl)CC1. The lowest BCUT2D eigenvalue weighted by Crippen LogP contribution is -2.52. The third-order valence-electron chi connectivity index (χ3n) is 10.1. The maximum atomic E-state index is 15.7. The Hall–Kier alpha value is -6.00. The zero-order valence-corrected chi connectivity index (χ0v) is 33.7. The minimum absolute atomic E-state index is 0.0530. The fourth-order valence-electron chi connectivity index (χ4n) is 6.88. The van der Waals surface area contributed by atoms with Crippen molar-refractivity contribution in [2.45, 2.75) is 33.2 Å². The standard InChI is InChI=1S/C41H45ClF2N10O4/c1-6-26(14-16-50(3)4)40(57)52-17-19-53(20-18-52)41(58)29-11-10-27(21-32(29)42)47-39(56)38-46-22-33(51(38)5)30-13-12-28(36(43)37(30)44)31-23-54(49-25(31)2)24-35(55)48-34-9-7-8-15-45-34/h7-13,15,21-23,26H,6,14,16-20,24H2,1-5H3,(H,47,56)(H,45,48,55). The second-order valence-electron chi connectivity index (χ2n) is 14.4. The number of nitrogens with one attached hydrogen (secondary N) is 2. The van der Waals surface area contributed by atoms with Gasteiger partial charge in [-0.3, -0.25) is 23.9 Å². The molecule has 304 valence electrons. The number of hydrogen-bond acceptors (Lipinski definition) is 8. The van der Waals surface area contributed by atoms with Crippen LogP contribution in [0.3, 0.4) is 0 Å². The molecule has 4 amide bonds. The van der Waals surface area contributed by atoms with Crippen LogP contribution in [-0.2, 0) is 23.2 Å². The number of carbonyl (C=O) groups is 4. The van der Waals surface area contributed by atoms with Crippen molar-refractivity contribution in [2.75, 3.05) is 57.5 Å². The van der Waals surface area contributed by atoms with E-state index in [9.17, 15) is 19.2 Å². The van der Waals surface area contributed by atoms with E-state index in [-0.39, 0.29) is 57.5 Å². The third kappa shape index (κ3) is 9.24. The fraction of sp³-hybridized carbons (Fsp3) is 0.341. The summed E-state index contributed by atoms with van der Waals surface area (Å²) in [6, 6.07) is 12.4. The van der Waals surface area contributed by atoms with E-state index in [2.05, 4.69) is 30.6 Å². The first kappa shape index (κ1) is 41.6. The number of anilines is 2. The molecule has 0 bridgehead atoms. The summed E-state index contributed by atoms with van der Waals surface area (Å²) in [5, 5.41) is 9.79. The Kier molecular flexibility index (Phi) is 13.0. The molecule has 4 heterocycles. The van der Waals surface area contributed by atoms with E-state index in [1.807, 2.05) is 25.9 Å². The highest BCUT2D eigenvalue weighted by molar-refractivity contribution is 6.34. The average Bonchev–Trinajstić information content (AvgIpc) is 3.76. The Labute approximate surface area is 339 Å². The van der Waals surface area contributed by atoms with Crippen molar-refractivity contribution in [3.63, 3.8) is 0 Å². The van der Waals surface area contributed by atoms with E-state index in [0.29, 0.717) is 48.9 Å². The van der Waals surface area contributed by atoms with E-state index in [0.717, 1.165) is 19.4 Å². The molecule has 1 saturated heterocycles. The van der Waals surface area contributed by atoms with Gasteiger partial charge in [0, 0.05) is 73.9 Å². The fourth-order valence-corrected chi connectivity index (χ4v) is 7.14. The van der Waals surface area contributed by atoms with Gasteiger partial charge in [-0.2, -0.15) is 5.10 Å². The second-order valence-corrected chi connectivity index (χ2v) is 14.8. The molecule has 3 aromatic heterocycles. The average molecular weight is 815 g/mol. The van der Waals surface area contributed by atoms with Crippen molar-refractivity contribution in [3.05, 3.63) is 101 Å². The van der Waals surface area contributed by atoms with Crippen LogP contribution in [0, 0.1) is 24.5 Å². The van der Waals surface area contributed by atoms with Crippen LogP contribution >= 0.6 is 11.6 Å². The highest BCUT2D eigenvalue weighted by Gasteiger charge is 2.30. The van der Waals surface area contributed by atoms with E-state index < -0.39 is 23.4 Å². The Morgan fingerprint density at radius 3 is 2.29 bits per heavy atom. The number of hydrogen-bond donors (Lipinski definition) is 2. The summed E-state index contributed by atoms with van der Waals surface area (Å²) in [5.41, 5.74) is 1.20. The Balaban J connectivity index is 1.08. The van der Waals surface area contributed by atoms with Gasteiger partial charge in [-0.15, -0.1) is 0 Å². The first-order valence-electron chi connectivity index (χ1n) is 18.8. The van der Waals surface area contributed by atoms with Crippen LogP contribution in [0.15, 0.2) is 67.1 Å².